The van der Waals surface area contributed by atoms with Gasteiger partial charge in [-0.05, 0) is 57.9 Å². The molecule has 0 unspecified atom stereocenters. The first kappa shape index (κ1) is 17.9. The van der Waals surface area contributed by atoms with E-state index in [0.717, 1.165) is 11.1 Å². The number of carbonyl (C=O) groups is 1. The lowest BCUT2D eigenvalue weighted by Gasteiger charge is -2.21. The van der Waals surface area contributed by atoms with Crippen molar-refractivity contribution in [1.82, 2.24) is 0 Å². The van der Waals surface area contributed by atoms with Crippen molar-refractivity contribution in [1.29, 1.82) is 0 Å². The van der Waals surface area contributed by atoms with Gasteiger partial charge in [0.15, 0.2) is 11.5 Å². The fourth-order valence-electron chi connectivity index (χ4n) is 2.38. The summed E-state index contributed by atoms with van der Waals surface area (Å²) in [6.07, 6.45) is 0. The number of hydrogen-bond acceptors (Lipinski definition) is 5. The molecule has 0 amide bonds. The largest absolute Gasteiger partial charge is 0.504 e. The molecule has 2 rings (SSSR count). The summed E-state index contributed by atoms with van der Waals surface area (Å²) in [5.74, 6) is 0.162. The zero-order valence-corrected chi connectivity index (χ0v) is 15.2. The van der Waals surface area contributed by atoms with E-state index in [1.165, 1.54) is 14.2 Å². The Hall–Kier alpha value is -2.43. The van der Waals surface area contributed by atoms with Crippen molar-refractivity contribution in [3.8, 4) is 23.0 Å². The van der Waals surface area contributed by atoms with Crippen LogP contribution in [0.4, 0.5) is 0 Å². The molecular formula is C19H24O5. The van der Waals surface area contributed by atoms with Gasteiger partial charge in [0.2, 0.25) is 11.5 Å². The summed E-state index contributed by atoms with van der Waals surface area (Å²) in [5, 5.41) is 11.7. The van der Waals surface area contributed by atoms with Crippen LogP contribution in [0.3, 0.4) is 0 Å². The van der Waals surface area contributed by atoms with E-state index in [-0.39, 0.29) is 23.0 Å². The van der Waals surface area contributed by atoms with Gasteiger partial charge < -0.3 is 19.3 Å². The van der Waals surface area contributed by atoms with Crippen molar-refractivity contribution in [2.45, 2.75) is 34.6 Å². The van der Waals surface area contributed by atoms with Gasteiger partial charge in [-0.2, -0.15) is 0 Å². The second-order valence-corrected chi connectivity index (χ2v) is 6.87. The number of esters is 1. The Morgan fingerprint density at radius 1 is 0.917 bits per heavy atom. The average Bonchev–Trinajstić information content (AvgIpc) is 2.50. The molecule has 0 atom stereocenters. The third-order valence-electron chi connectivity index (χ3n) is 3.98. The number of aromatic hydroxyl groups is 1. The van der Waals surface area contributed by atoms with Crippen LogP contribution in [0.5, 0.6) is 23.0 Å². The van der Waals surface area contributed by atoms with Crippen LogP contribution in [0.1, 0.15) is 31.9 Å². The van der Waals surface area contributed by atoms with Crippen molar-refractivity contribution >= 4 is 16.7 Å². The quantitative estimate of drug-likeness (QED) is 0.676. The van der Waals surface area contributed by atoms with E-state index in [9.17, 15) is 9.90 Å². The zero-order chi connectivity index (χ0) is 18.2. The Bertz CT molecular complexity index is 800. The predicted molar refractivity (Wildman–Crippen MR) is 93.3 cm³/mol. The lowest BCUT2D eigenvalue weighted by molar-refractivity contribution is -0.143. The van der Waals surface area contributed by atoms with Crippen LogP contribution in [0, 0.1) is 19.3 Å². The number of ether oxygens (including phenoxy) is 3. The molecule has 2 aromatic rings. The van der Waals surface area contributed by atoms with Gasteiger partial charge in [0, 0.05) is 10.8 Å². The van der Waals surface area contributed by atoms with Crippen molar-refractivity contribution in [3.05, 3.63) is 23.3 Å². The molecule has 24 heavy (non-hydrogen) atoms. The van der Waals surface area contributed by atoms with Gasteiger partial charge in [0.1, 0.15) is 0 Å². The van der Waals surface area contributed by atoms with E-state index < -0.39 is 11.4 Å². The highest BCUT2D eigenvalue weighted by molar-refractivity contribution is 6.00. The number of aryl methyl sites for hydroxylation is 2. The van der Waals surface area contributed by atoms with Crippen LogP contribution in [-0.2, 0) is 4.79 Å². The first-order chi connectivity index (χ1) is 11.1. The highest BCUT2D eigenvalue weighted by atomic mass is 16.6. The van der Waals surface area contributed by atoms with Crippen LogP contribution in [-0.4, -0.2) is 25.3 Å². The van der Waals surface area contributed by atoms with E-state index in [1.807, 2.05) is 26.0 Å². The minimum Gasteiger partial charge on any atom is -0.504 e. The molecule has 1 N–H and O–H groups in total. The van der Waals surface area contributed by atoms with Crippen LogP contribution in [0.25, 0.3) is 10.8 Å². The minimum absolute atomic E-state index is 0.0389. The fourth-order valence-corrected chi connectivity index (χ4v) is 2.38. The van der Waals surface area contributed by atoms with Gasteiger partial charge >= 0.3 is 5.97 Å². The first-order valence-corrected chi connectivity index (χ1v) is 7.72. The highest BCUT2D eigenvalue weighted by Gasteiger charge is 2.29. The zero-order valence-electron chi connectivity index (χ0n) is 15.2. The average molecular weight is 332 g/mol. The molecule has 0 heterocycles. The van der Waals surface area contributed by atoms with Gasteiger partial charge in [-0.1, -0.05) is 0 Å². The summed E-state index contributed by atoms with van der Waals surface area (Å²) in [6.45, 7) is 9.23. The van der Waals surface area contributed by atoms with Crippen LogP contribution in [0.2, 0.25) is 0 Å². The van der Waals surface area contributed by atoms with Crippen molar-refractivity contribution in [2.75, 3.05) is 14.2 Å². The van der Waals surface area contributed by atoms with Gasteiger partial charge in [-0.25, -0.2) is 0 Å². The molecule has 0 bridgehead atoms. The second-order valence-electron chi connectivity index (χ2n) is 6.87. The Kier molecular flexibility index (Phi) is 4.65. The van der Waals surface area contributed by atoms with Gasteiger partial charge in [0.25, 0.3) is 0 Å². The van der Waals surface area contributed by atoms with Gasteiger partial charge in [0.05, 0.1) is 19.6 Å². The fraction of sp³-hybridized carbons (Fsp3) is 0.421. The molecule has 0 aliphatic rings. The summed E-state index contributed by atoms with van der Waals surface area (Å²) in [6, 6.07) is 3.72. The molecule has 5 nitrogen and oxygen atoms in total. The normalized spacial score (nSPS) is 11.5. The summed E-state index contributed by atoms with van der Waals surface area (Å²) >= 11 is 0. The number of fused-ring (bicyclic) bond motifs is 1. The third kappa shape index (κ3) is 2.98. The van der Waals surface area contributed by atoms with E-state index >= 15 is 0 Å². The SMILES string of the molecule is COc1c(OC)c(OC(=O)C(C)(C)C)c2cc(C)c(C)cc2c1O. The molecule has 0 aromatic heterocycles. The Balaban J connectivity index is 2.86. The maximum atomic E-state index is 12.4. The molecule has 0 saturated heterocycles. The predicted octanol–water partition coefficient (Wildman–Crippen LogP) is 4.13. The number of phenolic OH excluding ortho intramolecular Hbond substituents is 1. The van der Waals surface area contributed by atoms with Crippen molar-refractivity contribution < 1.29 is 24.1 Å². The number of rotatable bonds is 3. The third-order valence-corrected chi connectivity index (χ3v) is 3.98. The maximum Gasteiger partial charge on any atom is 0.316 e. The molecular weight excluding hydrogens is 308 g/mol. The molecule has 130 valence electrons. The van der Waals surface area contributed by atoms with Crippen molar-refractivity contribution in [2.24, 2.45) is 5.41 Å². The number of methoxy groups -OCH3 is 2. The highest BCUT2D eigenvalue weighted by Crippen LogP contribution is 2.51. The Morgan fingerprint density at radius 3 is 1.88 bits per heavy atom. The molecule has 5 heteroatoms. The van der Waals surface area contributed by atoms with Crippen LogP contribution in [0.15, 0.2) is 12.1 Å². The van der Waals surface area contributed by atoms with E-state index in [2.05, 4.69) is 0 Å². The van der Waals surface area contributed by atoms with Crippen LogP contribution < -0.4 is 14.2 Å². The summed E-state index contributed by atoms with van der Waals surface area (Å²) in [7, 11) is 2.87. The van der Waals surface area contributed by atoms with Gasteiger partial charge in [-0.3, -0.25) is 4.79 Å². The van der Waals surface area contributed by atoms with Crippen molar-refractivity contribution in [3.63, 3.8) is 0 Å². The lowest BCUT2D eigenvalue weighted by Crippen LogP contribution is -2.25. The number of benzene rings is 2. The second kappa shape index (κ2) is 6.23. The van der Waals surface area contributed by atoms with Crippen LogP contribution >= 0.6 is 0 Å². The first-order valence-electron chi connectivity index (χ1n) is 7.72. The van der Waals surface area contributed by atoms with E-state index in [0.29, 0.717) is 10.8 Å². The topological polar surface area (TPSA) is 65.0 Å². The van der Waals surface area contributed by atoms with Gasteiger partial charge in [-0.15, -0.1) is 0 Å². The molecule has 0 spiro atoms. The molecule has 0 saturated carbocycles. The lowest BCUT2D eigenvalue weighted by atomic mass is 9.97. The summed E-state index contributed by atoms with van der Waals surface area (Å²) in [5.41, 5.74) is 1.35. The minimum atomic E-state index is -0.678. The Labute approximate surface area is 142 Å². The smallest absolute Gasteiger partial charge is 0.316 e. The number of carbonyl (C=O) groups excluding carboxylic acids is 1. The monoisotopic (exact) mass is 332 g/mol. The molecule has 0 fully saturated rings. The van der Waals surface area contributed by atoms with E-state index in [1.54, 1.807) is 20.8 Å². The number of hydrogen-bond donors (Lipinski definition) is 1. The standard InChI is InChI=1S/C19H24O5/c1-10-8-12-13(9-11(10)2)15(24-18(21)19(3,4)5)17(23-7)16(22-6)14(12)20/h8-9,20H,1-7H3. The Morgan fingerprint density at radius 2 is 1.42 bits per heavy atom. The summed E-state index contributed by atoms with van der Waals surface area (Å²) < 4.78 is 16.3. The summed E-state index contributed by atoms with van der Waals surface area (Å²) in [4.78, 5) is 12.4. The maximum absolute atomic E-state index is 12.4. The molecule has 0 radical (unpaired) electrons. The molecule has 0 aliphatic carbocycles. The molecule has 0 aliphatic heterocycles. The molecule has 2 aromatic carbocycles. The number of phenols is 1. The van der Waals surface area contributed by atoms with E-state index in [4.69, 9.17) is 14.2 Å².